The SMILES string of the molecule is CCCCN(C)C(C)c1cc(C)ccc1OC. The van der Waals surface area contributed by atoms with Crippen LogP contribution in [0, 0.1) is 6.92 Å². The molecule has 0 fully saturated rings. The fourth-order valence-electron chi connectivity index (χ4n) is 2.02. The second kappa shape index (κ2) is 6.65. The lowest BCUT2D eigenvalue weighted by molar-refractivity contribution is 0.251. The van der Waals surface area contributed by atoms with Gasteiger partial charge in [-0.2, -0.15) is 0 Å². The summed E-state index contributed by atoms with van der Waals surface area (Å²) in [6.45, 7) is 7.73. The lowest BCUT2D eigenvalue weighted by Crippen LogP contribution is -2.24. The van der Waals surface area contributed by atoms with Crippen molar-refractivity contribution in [2.45, 2.75) is 39.7 Å². The van der Waals surface area contributed by atoms with Crippen molar-refractivity contribution in [1.29, 1.82) is 0 Å². The molecular weight excluding hydrogens is 210 g/mol. The van der Waals surface area contributed by atoms with Crippen molar-refractivity contribution in [3.05, 3.63) is 29.3 Å². The molecule has 1 aromatic rings. The van der Waals surface area contributed by atoms with Crippen LogP contribution in [-0.2, 0) is 0 Å². The normalized spacial score (nSPS) is 12.8. The molecule has 1 atom stereocenters. The quantitative estimate of drug-likeness (QED) is 0.743. The maximum Gasteiger partial charge on any atom is 0.123 e. The summed E-state index contributed by atoms with van der Waals surface area (Å²) < 4.78 is 5.45. The highest BCUT2D eigenvalue weighted by molar-refractivity contribution is 5.38. The minimum Gasteiger partial charge on any atom is -0.496 e. The van der Waals surface area contributed by atoms with Crippen LogP contribution in [0.2, 0.25) is 0 Å². The summed E-state index contributed by atoms with van der Waals surface area (Å²) in [5, 5.41) is 0. The number of hydrogen-bond donors (Lipinski definition) is 0. The Balaban J connectivity index is 2.86. The highest BCUT2D eigenvalue weighted by atomic mass is 16.5. The lowest BCUT2D eigenvalue weighted by atomic mass is 10.0. The fourth-order valence-corrected chi connectivity index (χ4v) is 2.02. The van der Waals surface area contributed by atoms with Crippen molar-refractivity contribution >= 4 is 0 Å². The highest BCUT2D eigenvalue weighted by Crippen LogP contribution is 2.29. The Morgan fingerprint density at radius 2 is 2.06 bits per heavy atom. The number of aryl methyl sites for hydroxylation is 1. The monoisotopic (exact) mass is 235 g/mol. The zero-order valence-corrected chi connectivity index (χ0v) is 11.8. The Morgan fingerprint density at radius 3 is 2.65 bits per heavy atom. The highest BCUT2D eigenvalue weighted by Gasteiger charge is 2.15. The van der Waals surface area contributed by atoms with Crippen LogP contribution in [0.5, 0.6) is 5.75 Å². The van der Waals surface area contributed by atoms with Gasteiger partial charge in [0, 0.05) is 11.6 Å². The van der Waals surface area contributed by atoms with Crippen LogP contribution < -0.4 is 4.74 Å². The van der Waals surface area contributed by atoms with Gasteiger partial charge >= 0.3 is 0 Å². The van der Waals surface area contributed by atoms with Crippen molar-refractivity contribution in [2.24, 2.45) is 0 Å². The van der Waals surface area contributed by atoms with E-state index >= 15 is 0 Å². The Labute approximate surface area is 106 Å². The van der Waals surface area contributed by atoms with Gasteiger partial charge in [0.1, 0.15) is 5.75 Å². The molecule has 2 nitrogen and oxygen atoms in total. The summed E-state index contributed by atoms with van der Waals surface area (Å²) in [7, 11) is 3.93. The van der Waals surface area contributed by atoms with Crippen LogP contribution in [0.15, 0.2) is 18.2 Å². The summed E-state index contributed by atoms with van der Waals surface area (Å²) in [6.07, 6.45) is 2.48. The maximum absolute atomic E-state index is 5.45. The lowest BCUT2D eigenvalue weighted by Gasteiger charge is -2.26. The van der Waals surface area contributed by atoms with Gasteiger partial charge in [-0.1, -0.05) is 31.0 Å². The second-order valence-corrected chi connectivity index (χ2v) is 4.76. The van der Waals surface area contributed by atoms with E-state index in [4.69, 9.17) is 4.74 Å². The molecule has 0 saturated heterocycles. The van der Waals surface area contributed by atoms with Crippen LogP contribution >= 0.6 is 0 Å². The third-order valence-electron chi connectivity index (χ3n) is 3.36. The molecule has 0 radical (unpaired) electrons. The van der Waals surface area contributed by atoms with E-state index in [-0.39, 0.29) is 0 Å². The largest absolute Gasteiger partial charge is 0.496 e. The molecule has 1 rings (SSSR count). The van der Waals surface area contributed by atoms with Crippen molar-refractivity contribution in [1.82, 2.24) is 4.90 Å². The molecule has 0 spiro atoms. The number of hydrogen-bond acceptors (Lipinski definition) is 2. The number of unbranched alkanes of at least 4 members (excludes halogenated alkanes) is 1. The number of methoxy groups -OCH3 is 1. The Bertz CT molecular complexity index is 349. The molecule has 0 aromatic heterocycles. The molecule has 0 saturated carbocycles. The van der Waals surface area contributed by atoms with Gasteiger partial charge in [0.05, 0.1) is 7.11 Å². The first kappa shape index (κ1) is 14.0. The zero-order valence-electron chi connectivity index (χ0n) is 11.8. The van der Waals surface area contributed by atoms with Gasteiger partial charge in [0.2, 0.25) is 0 Å². The third kappa shape index (κ3) is 3.74. The van der Waals surface area contributed by atoms with Gasteiger partial charge in [-0.25, -0.2) is 0 Å². The average Bonchev–Trinajstić information content (AvgIpc) is 2.34. The number of nitrogens with zero attached hydrogens (tertiary/aromatic N) is 1. The molecule has 1 unspecified atom stereocenters. The van der Waals surface area contributed by atoms with E-state index in [1.54, 1.807) is 7.11 Å². The summed E-state index contributed by atoms with van der Waals surface area (Å²) in [5.41, 5.74) is 2.57. The molecule has 0 bridgehead atoms. The van der Waals surface area contributed by atoms with Gasteiger partial charge < -0.3 is 4.74 Å². The maximum atomic E-state index is 5.45. The predicted molar refractivity (Wildman–Crippen MR) is 73.7 cm³/mol. The van der Waals surface area contributed by atoms with Crippen molar-refractivity contribution in [3.8, 4) is 5.75 Å². The molecule has 1 aromatic carbocycles. The van der Waals surface area contributed by atoms with Gasteiger partial charge in [0.15, 0.2) is 0 Å². The van der Waals surface area contributed by atoms with Gasteiger partial charge in [0.25, 0.3) is 0 Å². The van der Waals surface area contributed by atoms with Crippen LogP contribution in [0.25, 0.3) is 0 Å². The molecule has 0 aliphatic carbocycles. The summed E-state index contributed by atoms with van der Waals surface area (Å²) in [6, 6.07) is 6.79. The molecule has 0 aliphatic heterocycles. The Hall–Kier alpha value is -1.02. The van der Waals surface area contributed by atoms with Crippen LogP contribution in [0.3, 0.4) is 0 Å². The van der Waals surface area contributed by atoms with Crippen molar-refractivity contribution in [3.63, 3.8) is 0 Å². The van der Waals surface area contributed by atoms with Crippen molar-refractivity contribution < 1.29 is 4.74 Å². The number of benzene rings is 1. The fraction of sp³-hybridized carbons (Fsp3) is 0.600. The smallest absolute Gasteiger partial charge is 0.123 e. The molecule has 0 N–H and O–H groups in total. The number of rotatable bonds is 6. The van der Waals surface area contributed by atoms with E-state index < -0.39 is 0 Å². The zero-order chi connectivity index (χ0) is 12.8. The summed E-state index contributed by atoms with van der Waals surface area (Å²) in [5.74, 6) is 0.992. The van der Waals surface area contributed by atoms with E-state index in [1.807, 2.05) is 0 Å². The molecular formula is C15H25NO. The van der Waals surface area contributed by atoms with Gasteiger partial charge in [-0.05, 0) is 39.9 Å². The first-order valence-electron chi connectivity index (χ1n) is 6.45. The minimum absolute atomic E-state index is 0.399. The van der Waals surface area contributed by atoms with E-state index in [1.165, 1.54) is 24.0 Å². The molecule has 17 heavy (non-hydrogen) atoms. The first-order valence-corrected chi connectivity index (χ1v) is 6.45. The number of ether oxygens (including phenoxy) is 1. The minimum atomic E-state index is 0.399. The van der Waals surface area contributed by atoms with Crippen LogP contribution in [-0.4, -0.2) is 25.6 Å². The average molecular weight is 235 g/mol. The van der Waals surface area contributed by atoms with E-state index in [2.05, 4.69) is 50.9 Å². The third-order valence-corrected chi connectivity index (χ3v) is 3.36. The molecule has 2 heteroatoms. The molecule has 0 aliphatic rings. The first-order chi connectivity index (χ1) is 8.10. The van der Waals surface area contributed by atoms with Crippen LogP contribution in [0.4, 0.5) is 0 Å². The summed E-state index contributed by atoms with van der Waals surface area (Å²) >= 11 is 0. The molecule has 0 amide bonds. The molecule has 96 valence electrons. The van der Waals surface area contributed by atoms with Gasteiger partial charge in [-0.15, -0.1) is 0 Å². The standard InChI is InChI=1S/C15H25NO/c1-6-7-10-16(4)13(3)14-11-12(2)8-9-15(14)17-5/h8-9,11,13H,6-7,10H2,1-5H3. The Morgan fingerprint density at radius 1 is 1.35 bits per heavy atom. The van der Waals surface area contributed by atoms with E-state index in [0.29, 0.717) is 6.04 Å². The van der Waals surface area contributed by atoms with Crippen LogP contribution in [0.1, 0.15) is 43.9 Å². The predicted octanol–water partition coefficient (Wildman–Crippen LogP) is 3.80. The summed E-state index contributed by atoms with van der Waals surface area (Å²) in [4.78, 5) is 2.39. The second-order valence-electron chi connectivity index (χ2n) is 4.76. The van der Waals surface area contributed by atoms with Crippen molar-refractivity contribution in [2.75, 3.05) is 20.7 Å². The molecule has 0 heterocycles. The van der Waals surface area contributed by atoms with E-state index in [0.717, 1.165) is 12.3 Å². The van der Waals surface area contributed by atoms with Gasteiger partial charge in [-0.3, -0.25) is 4.90 Å². The topological polar surface area (TPSA) is 12.5 Å². The van der Waals surface area contributed by atoms with E-state index in [9.17, 15) is 0 Å². The Kier molecular flexibility index (Phi) is 5.49.